The van der Waals surface area contributed by atoms with E-state index >= 15 is 0 Å². The molecule has 0 N–H and O–H groups in total. The van der Waals surface area contributed by atoms with E-state index in [1.165, 1.54) is 10.3 Å². The minimum absolute atomic E-state index is 0.556. The lowest BCUT2D eigenvalue weighted by Gasteiger charge is -2.12. The lowest BCUT2D eigenvalue weighted by molar-refractivity contribution is 0.466. The van der Waals surface area contributed by atoms with Gasteiger partial charge in [-0.25, -0.2) is 4.98 Å². The number of anilines is 1. The van der Waals surface area contributed by atoms with Gasteiger partial charge in [-0.3, -0.25) is 0 Å². The molecule has 0 spiro atoms. The molecule has 0 atom stereocenters. The Morgan fingerprint density at radius 3 is 2.80 bits per heavy atom. The van der Waals surface area contributed by atoms with E-state index in [1.807, 2.05) is 11.9 Å². The van der Waals surface area contributed by atoms with Crippen molar-refractivity contribution in [1.29, 1.82) is 0 Å². The van der Waals surface area contributed by atoms with Crippen LogP contribution in [0.1, 0.15) is 17.3 Å². The summed E-state index contributed by atoms with van der Waals surface area (Å²) in [6, 6.07) is 4.17. The van der Waals surface area contributed by atoms with Gasteiger partial charge in [0.25, 0.3) is 0 Å². The average molecular weight is 353 g/mol. The summed E-state index contributed by atoms with van der Waals surface area (Å²) < 4.78 is 7.64. The number of thiazole rings is 1. The van der Waals surface area contributed by atoms with Crippen LogP contribution in [0.5, 0.6) is 0 Å². The molecule has 3 rings (SSSR count). The van der Waals surface area contributed by atoms with Crippen molar-refractivity contribution in [2.75, 3.05) is 11.9 Å². The Bertz CT molecular complexity index is 767. The first-order valence-corrected chi connectivity index (χ1v) is 7.70. The molecule has 2 heterocycles. The van der Waals surface area contributed by atoms with Gasteiger partial charge >= 0.3 is 0 Å². The van der Waals surface area contributed by atoms with E-state index in [4.69, 9.17) is 9.40 Å². The number of aryl methyl sites for hydroxylation is 2. The predicted molar refractivity (Wildman–Crippen MR) is 83.2 cm³/mol. The second kappa shape index (κ2) is 5.14. The molecule has 0 aliphatic heterocycles. The van der Waals surface area contributed by atoms with Crippen molar-refractivity contribution >= 4 is 42.6 Å². The molecule has 5 nitrogen and oxygen atoms in total. The summed E-state index contributed by atoms with van der Waals surface area (Å²) in [4.78, 5) is 6.71. The van der Waals surface area contributed by atoms with Crippen molar-refractivity contribution < 1.29 is 4.42 Å². The van der Waals surface area contributed by atoms with Crippen LogP contribution in [-0.2, 0) is 6.54 Å². The van der Waals surface area contributed by atoms with Crippen LogP contribution >= 0.6 is 27.3 Å². The standard InChI is InChI=1S/C13H13BrN4OS/c1-7-4-9(14)5-10-12(7)15-13(20-10)18(3)6-11-17-16-8(2)19-11/h4-5H,6H2,1-3H3. The van der Waals surface area contributed by atoms with Crippen molar-refractivity contribution in [3.8, 4) is 0 Å². The molecule has 20 heavy (non-hydrogen) atoms. The van der Waals surface area contributed by atoms with Gasteiger partial charge in [-0.15, -0.1) is 10.2 Å². The first-order valence-electron chi connectivity index (χ1n) is 6.10. The summed E-state index contributed by atoms with van der Waals surface area (Å²) in [5.41, 5.74) is 2.21. The summed E-state index contributed by atoms with van der Waals surface area (Å²) in [6.07, 6.45) is 0. The molecule has 0 aliphatic carbocycles. The molecule has 0 saturated carbocycles. The normalized spacial score (nSPS) is 11.2. The quantitative estimate of drug-likeness (QED) is 0.719. The lowest BCUT2D eigenvalue weighted by Crippen LogP contribution is -2.16. The third kappa shape index (κ3) is 2.55. The molecule has 104 valence electrons. The monoisotopic (exact) mass is 352 g/mol. The van der Waals surface area contributed by atoms with E-state index in [-0.39, 0.29) is 0 Å². The Kier molecular flexibility index (Phi) is 3.47. The Morgan fingerprint density at radius 1 is 1.30 bits per heavy atom. The van der Waals surface area contributed by atoms with Crippen LogP contribution in [-0.4, -0.2) is 22.2 Å². The van der Waals surface area contributed by atoms with Crippen molar-refractivity contribution in [2.45, 2.75) is 20.4 Å². The van der Waals surface area contributed by atoms with E-state index in [0.29, 0.717) is 18.3 Å². The minimum atomic E-state index is 0.556. The Labute approximate surface area is 128 Å². The first-order chi connectivity index (χ1) is 9.52. The van der Waals surface area contributed by atoms with Gasteiger partial charge in [0.2, 0.25) is 11.8 Å². The maximum absolute atomic E-state index is 5.40. The van der Waals surface area contributed by atoms with Gasteiger partial charge in [-0.1, -0.05) is 27.3 Å². The topological polar surface area (TPSA) is 55.1 Å². The molecular weight excluding hydrogens is 340 g/mol. The molecule has 0 amide bonds. The zero-order valence-electron chi connectivity index (χ0n) is 11.3. The van der Waals surface area contributed by atoms with Crippen LogP contribution in [0.3, 0.4) is 0 Å². The number of benzene rings is 1. The molecule has 3 aromatic rings. The van der Waals surface area contributed by atoms with Crippen LogP contribution in [0.2, 0.25) is 0 Å². The molecule has 0 radical (unpaired) electrons. The molecule has 1 aromatic carbocycles. The fourth-order valence-electron chi connectivity index (χ4n) is 1.98. The summed E-state index contributed by atoms with van der Waals surface area (Å²) in [6.45, 7) is 4.41. The third-order valence-corrected chi connectivity index (χ3v) is 4.48. The minimum Gasteiger partial charge on any atom is -0.424 e. The molecule has 0 bridgehead atoms. The van der Waals surface area contributed by atoms with E-state index in [2.05, 4.69) is 45.2 Å². The molecule has 0 unspecified atom stereocenters. The average Bonchev–Trinajstić information content (AvgIpc) is 2.95. The van der Waals surface area contributed by atoms with Gasteiger partial charge in [0.05, 0.1) is 16.8 Å². The Balaban J connectivity index is 1.91. The van der Waals surface area contributed by atoms with E-state index < -0.39 is 0 Å². The van der Waals surface area contributed by atoms with Crippen LogP contribution < -0.4 is 4.90 Å². The molecular formula is C13H13BrN4OS. The zero-order chi connectivity index (χ0) is 14.3. The van der Waals surface area contributed by atoms with Crippen molar-refractivity contribution in [3.63, 3.8) is 0 Å². The molecule has 7 heteroatoms. The highest BCUT2D eigenvalue weighted by Gasteiger charge is 2.13. The smallest absolute Gasteiger partial charge is 0.235 e. The van der Waals surface area contributed by atoms with Crippen molar-refractivity contribution in [3.05, 3.63) is 34.0 Å². The number of halogens is 1. The molecule has 2 aromatic heterocycles. The van der Waals surface area contributed by atoms with Gasteiger partial charge < -0.3 is 9.32 Å². The Morgan fingerprint density at radius 2 is 2.10 bits per heavy atom. The number of fused-ring (bicyclic) bond motifs is 1. The van der Waals surface area contributed by atoms with Gasteiger partial charge in [0, 0.05) is 18.4 Å². The van der Waals surface area contributed by atoms with Crippen LogP contribution in [0.4, 0.5) is 5.13 Å². The fourth-order valence-corrected chi connectivity index (χ4v) is 3.74. The van der Waals surface area contributed by atoms with Gasteiger partial charge in [-0.05, 0) is 24.6 Å². The zero-order valence-corrected chi connectivity index (χ0v) is 13.7. The van der Waals surface area contributed by atoms with E-state index in [9.17, 15) is 0 Å². The second-order valence-corrected chi connectivity index (χ2v) is 6.56. The maximum atomic E-state index is 5.40. The number of aromatic nitrogens is 3. The number of hydrogen-bond donors (Lipinski definition) is 0. The molecule has 0 fully saturated rings. The highest BCUT2D eigenvalue weighted by Crippen LogP contribution is 2.32. The number of hydrogen-bond acceptors (Lipinski definition) is 6. The van der Waals surface area contributed by atoms with Crippen LogP contribution in [0, 0.1) is 13.8 Å². The predicted octanol–water partition coefficient (Wildman–Crippen LogP) is 3.70. The first kappa shape index (κ1) is 13.5. The lowest BCUT2D eigenvalue weighted by atomic mass is 10.2. The van der Waals surface area contributed by atoms with Crippen LogP contribution in [0.15, 0.2) is 21.0 Å². The third-order valence-electron chi connectivity index (χ3n) is 2.91. The fraction of sp³-hybridized carbons (Fsp3) is 0.308. The highest BCUT2D eigenvalue weighted by atomic mass is 79.9. The summed E-state index contributed by atoms with van der Waals surface area (Å²) in [7, 11) is 1.97. The van der Waals surface area contributed by atoms with Crippen molar-refractivity contribution in [1.82, 2.24) is 15.2 Å². The summed E-state index contributed by atoms with van der Waals surface area (Å²) in [5, 5.41) is 8.78. The Hall–Kier alpha value is -1.47. The van der Waals surface area contributed by atoms with E-state index in [0.717, 1.165) is 15.1 Å². The van der Waals surface area contributed by atoms with E-state index in [1.54, 1.807) is 18.3 Å². The number of nitrogens with zero attached hydrogens (tertiary/aromatic N) is 4. The van der Waals surface area contributed by atoms with Crippen molar-refractivity contribution in [2.24, 2.45) is 0 Å². The van der Waals surface area contributed by atoms with Gasteiger partial charge in [0.15, 0.2) is 5.13 Å². The SMILES string of the molecule is Cc1nnc(CN(C)c2nc3c(C)cc(Br)cc3s2)o1. The highest BCUT2D eigenvalue weighted by molar-refractivity contribution is 9.10. The van der Waals surface area contributed by atoms with Gasteiger partial charge in [0.1, 0.15) is 0 Å². The molecule has 0 saturated heterocycles. The van der Waals surface area contributed by atoms with Gasteiger partial charge in [-0.2, -0.15) is 0 Å². The maximum Gasteiger partial charge on any atom is 0.235 e. The summed E-state index contributed by atoms with van der Waals surface area (Å²) >= 11 is 5.17. The largest absolute Gasteiger partial charge is 0.424 e. The summed E-state index contributed by atoms with van der Waals surface area (Å²) in [5.74, 6) is 1.18. The number of rotatable bonds is 3. The van der Waals surface area contributed by atoms with Crippen LogP contribution in [0.25, 0.3) is 10.2 Å². The molecule has 0 aliphatic rings. The second-order valence-electron chi connectivity index (χ2n) is 4.64.